The van der Waals surface area contributed by atoms with Gasteiger partial charge < -0.3 is 10.1 Å². The van der Waals surface area contributed by atoms with E-state index in [1.165, 1.54) is 31.2 Å². The van der Waals surface area contributed by atoms with Crippen molar-refractivity contribution < 1.29 is 18.7 Å². The lowest BCUT2D eigenvalue weighted by Crippen LogP contribution is -2.30. The molecule has 0 radical (unpaired) electrons. The number of anilines is 1. The van der Waals surface area contributed by atoms with E-state index in [2.05, 4.69) is 5.32 Å². The molecule has 0 heterocycles. The number of benzene rings is 2. The van der Waals surface area contributed by atoms with Gasteiger partial charge >= 0.3 is 5.97 Å². The van der Waals surface area contributed by atoms with Crippen LogP contribution in [0.5, 0.6) is 0 Å². The van der Waals surface area contributed by atoms with Crippen molar-refractivity contribution in [1.82, 2.24) is 0 Å². The molecule has 0 spiro atoms. The van der Waals surface area contributed by atoms with Gasteiger partial charge in [-0.15, -0.1) is 0 Å². The second-order valence-electron chi connectivity index (χ2n) is 5.64. The predicted molar refractivity (Wildman–Crippen MR) is 90.1 cm³/mol. The number of hydrogen-bond donors (Lipinski definition) is 1. The highest BCUT2D eigenvalue weighted by Crippen LogP contribution is 2.19. The SMILES string of the molecule is C[C@@H](OC(=O)C[C@H](C)c1ccccc1)C(=O)Nc1ccc(F)cc1. The van der Waals surface area contributed by atoms with Crippen molar-refractivity contribution in [2.45, 2.75) is 32.3 Å². The smallest absolute Gasteiger partial charge is 0.307 e. The molecule has 126 valence electrons. The Morgan fingerprint density at radius 3 is 2.29 bits per heavy atom. The lowest BCUT2D eigenvalue weighted by molar-refractivity contribution is -0.153. The molecule has 0 aliphatic carbocycles. The molecule has 0 unspecified atom stereocenters. The third-order valence-corrected chi connectivity index (χ3v) is 3.63. The molecule has 0 fully saturated rings. The molecule has 1 N–H and O–H groups in total. The topological polar surface area (TPSA) is 55.4 Å². The number of esters is 1. The Morgan fingerprint density at radius 1 is 1.04 bits per heavy atom. The number of amides is 1. The molecule has 4 nitrogen and oxygen atoms in total. The van der Waals surface area contributed by atoms with E-state index in [1.807, 2.05) is 37.3 Å². The maximum absolute atomic E-state index is 12.8. The Balaban J connectivity index is 1.84. The molecule has 5 heteroatoms. The van der Waals surface area contributed by atoms with Gasteiger partial charge in [0.15, 0.2) is 6.10 Å². The van der Waals surface area contributed by atoms with E-state index in [1.54, 1.807) is 0 Å². The van der Waals surface area contributed by atoms with Crippen LogP contribution in [0.15, 0.2) is 54.6 Å². The quantitative estimate of drug-likeness (QED) is 0.818. The summed E-state index contributed by atoms with van der Waals surface area (Å²) in [5.41, 5.74) is 1.49. The van der Waals surface area contributed by atoms with Crippen LogP contribution in [-0.2, 0) is 14.3 Å². The monoisotopic (exact) mass is 329 g/mol. The van der Waals surface area contributed by atoms with Gasteiger partial charge in [-0.05, 0) is 42.7 Å². The maximum atomic E-state index is 12.8. The van der Waals surface area contributed by atoms with Crippen molar-refractivity contribution in [3.8, 4) is 0 Å². The Kier molecular flexibility index (Phi) is 6.07. The van der Waals surface area contributed by atoms with Crippen LogP contribution in [-0.4, -0.2) is 18.0 Å². The number of rotatable bonds is 6. The zero-order valence-corrected chi connectivity index (χ0v) is 13.7. The first kappa shape index (κ1) is 17.7. The molecule has 1 amide bonds. The fourth-order valence-electron chi connectivity index (χ4n) is 2.23. The van der Waals surface area contributed by atoms with Crippen LogP contribution in [0.3, 0.4) is 0 Å². The molecule has 2 rings (SSSR count). The normalized spacial score (nSPS) is 13.0. The molecule has 0 aliphatic heterocycles. The highest BCUT2D eigenvalue weighted by atomic mass is 19.1. The van der Waals surface area contributed by atoms with Crippen LogP contribution in [0, 0.1) is 5.82 Å². The van der Waals surface area contributed by atoms with Crippen molar-refractivity contribution in [3.63, 3.8) is 0 Å². The summed E-state index contributed by atoms with van der Waals surface area (Å²) in [7, 11) is 0. The molecular formula is C19H20FNO3. The first-order chi connectivity index (χ1) is 11.5. The minimum atomic E-state index is -0.925. The van der Waals surface area contributed by atoms with Crippen LogP contribution in [0.1, 0.15) is 31.7 Å². The number of nitrogens with one attached hydrogen (secondary N) is 1. The second-order valence-corrected chi connectivity index (χ2v) is 5.64. The van der Waals surface area contributed by atoms with E-state index in [0.29, 0.717) is 5.69 Å². The van der Waals surface area contributed by atoms with Crippen LogP contribution in [0.2, 0.25) is 0 Å². The Labute approximate surface area is 140 Å². The van der Waals surface area contributed by atoms with Crippen molar-refractivity contribution in [3.05, 3.63) is 66.0 Å². The summed E-state index contributed by atoms with van der Waals surface area (Å²) < 4.78 is 18.0. The highest BCUT2D eigenvalue weighted by molar-refractivity contribution is 5.95. The van der Waals surface area contributed by atoms with Gasteiger partial charge in [0.25, 0.3) is 5.91 Å². The lowest BCUT2D eigenvalue weighted by atomic mass is 9.98. The van der Waals surface area contributed by atoms with Crippen molar-refractivity contribution in [2.24, 2.45) is 0 Å². The molecule has 2 atom stereocenters. The standard InChI is InChI=1S/C19H20FNO3/c1-13(15-6-4-3-5-7-15)12-18(22)24-14(2)19(23)21-17-10-8-16(20)9-11-17/h3-11,13-14H,12H2,1-2H3,(H,21,23)/t13-,14+/m0/s1. The zero-order valence-electron chi connectivity index (χ0n) is 13.7. The number of carbonyl (C=O) groups is 2. The third-order valence-electron chi connectivity index (χ3n) is 3.63. The first-order valence-electron chi connectivity index (χ1n) is 7.76. The second kappa shape index (κ2) is 8.24. The van der Waals surface area contributed by atoms with Crippen LogP contribution in [0.4, 0.5) is 10.1 Å². The molecule has 0 saturated carbocycles. The van der Waals surface area contributed by atoms with E-state index in [4.69, 9.17) is 4.74 Å². The van der Waals surface area contributed by atoms with Gasteiger partial charge in [0.1, 0.15) is 5.82 Å². The van der Waals surface area contributed by atoms with Gasteiger partial charge in [-0.25, -0.2) is 4.39 Å². The van der Waals surface area contributed by atoms with Crippen LogP contribution in [0.25, 0.3) is 0 Å². The Hall–Kier alpha value is -2.69. The van der Waals surface area contributed by atoms with Crippen molar-refractivity contribution in [2.75, 3.05) is 5.32 Å². The van der Waals surface area contributed by atoms with Gasteiger partial charge in [-0.3, -0.25) is 9.59 Å². The molecule has 24 heavy (non-hydrogen) atoms. The predicted octanol–water partition coefficient (Wildman–Crippen LogP) is 3.89. The van der Waals surface area contributed by atoms with E-state index < -0.39 is 18.0 Å². The van der Waals surface area contributed by atoms with E-state index in [0.717, 1.165) is 5.56 Å². The van der Waals surface area contributed by atoms with Gasteiger partial charge in [0, 0.05) is 5.69 Å². The minimum Gasteiger partial charge on any atom is -0.453 e. The fraction of sp³-hybridized carbons (Fsp3) is 0.263. The van der Waals surface area contributed by atoms with E-state index in [9.17, 15) is 14.0 Å². The number of halogens is 1. The van der Waals surface area contributed by atoms with Gasteiger partial charge in [-0.1, -0.05) is 37.3 Å². The summed E-state index contributed by atoms with van der Waals surface area (Å²) in [6.45, 7) is 3.43. The van der Waals surface area contributed by atoms with Crippen molar-refractivity contribution in [1.29, 1.82) is 0 Å². The Bertz CT molecular complexity index is 686. The number of carbonyl (C=O) groups excluding carboxylic acids is 2. The van der Waals surface area contributed by atoms with Crippen LogP contribution < -0.4 is 5.32 Å². The van der Waals surface area contributed by atoms with E-state index in [-0.39, 0.29) is 18.2 Å². The molecule has 2 aromatic rings. The first-order valence-corrected chi connectivity index (χ1v) is 7.76. The van der Waals surface area contributed by atoms with Gasteiger partial charge in [0.2, 0.25) is 0 Å². The van der Waals surface area contributed by atoms with Crippen molar-refractivity contribution >= 4 is 17.6 Å². The Morgan fingerprint density at radius 2 is 1.67 bits per heavy atom. The van der Waals surface area contributed by atoms with Crippen LogP contribution >= 0.6 is 0 Å². The molecule has 0 aromatic heterocycles. The molecular weight excluding hydrogens is 309 g/mol. The summed E-state index contributed by atoms with van der Waals surface area (Å²) >= 11 is 0. The molecule has 2 aromatic carbocycles. The lowest BCUT2D eigenvalue weighted by Gasteiger charge is -2.16. The van der Waals surface area contributed by atoms with Gasteiger partial charge in [0.05, 0.1) is 6.42 Å². The molecule has 0 aliphatic rings. The zero-order chi connectivity index (χ0) is 17.5. The summed E-state index contributed by atoms with van der Waals surface area (Å²) in [6, 6.07) is 15.0. The summed E-state index contributed by atoms with van der Waals surface area (Å²) in [4.78, 5) is 24.0. The summed E-state index contributed by atoms with van der Waals surface area (Å²) in [5.74, 6) is -1.27. The third kappa shape index (κ3) is 5.19. The van der Waals surface area contributed by atoms with Gasteiger partial charge in [-0.2, -0.15) is 0 Å². The average Bonchev–Trinajstić information content (AvgIpc) is 2.57. The number of ether oxygens (including phenoxy) is 1. The molecule has 0 saturated heterocycles. The minimum absolute atomic E-state index is 0.00561. The number of hydrogen-bond acceptors (Lipinski definition) is 3. The van der Waals surface area contributed by atoms with E-state index >= 15 is 0 Å². The summed E-state index contributed by atoms with van der Waals surface area (Å²) in [6.07, 6.45) is -0.733. The fourth-order valence-corrected chi connectivity index (χ4v) is 2.23. The largest absolute Gasteiger partial charge is 0.453 e. The molecule has 0 bridgehead atoms. The summed E-state index contributed by atoms with van der Waals surface area (Å²) in [5, 5.41) is 2.58. The average molecular weight is 329 g/mol. The maximum Gasteiger partial charge on any atom is 0.307 e. The highest BCUT2D eigenvalue weighted by Gasteiger charge is 2.20.